The molecule has 2 aromatic carbocycles. The van der Waals surface area contributed by atoms with E-state index in [1.165, 1.54) is 6.07 Å². The summed E-state index contributed by atoms with van der Waals surface area (Å²) in [6, 6.07) is 10.5. The van der Waals surface area contributed by atoms with E-state index in [-0.39, 0.29) is 5.02 Å². The van der Waals surface area contributed by atoms with Crippen LogP contribution in [0.1, 0.15) is 5.56 Å². The molecular formula is C14H12BrClFNO. The minimum atomic E-state index is -0.441. The van der Waals surface area contributed by atoms with Crippen molar-refractivity contribution in [2.24, 2.45) is 0 Å². The zero-order chi connectivity index (χ0) is 13.8. The lowest BCUT2D eigenvalue weighted by molar-refractivity contribution is 0.414. The largest absolute Gasteiger partial charge is 0.497 e. The van der Waals surface area contributed by atoms with Gasteiger partial charge in [0, 0.05) is 11.0 Å². The van der Waals surface area contributed by atoms with Crippen molar-refractivity contribution < 1.29 is 9.13 Å². The Labute approximate surface area is 124 Å². The molecule has 0 aliphatic carbocycles. The zero-order valence-electron chi connectivity index (χ0n) is 10.2. The number of hydrogen-bond donors (Lipinski definition) is 1. The first-order valence-electron chi connectivity index (χ1n) is 5.62. The summed E-state index contributed by atoms with van der Waals surface area (Å²) >= 11 is 9.18. The summed E-state index contributed by atoms with van der Waals surface area (Å²) in [6.45, 7) is 0.467. The zero-order valence-corrected chi connectivity index (χ0v) is 12.6. The summed E-state index contributed by atoms with van der Waals surface area (Å²) in [5.74, 6) is 0.315. The van der Waals surface area contributed by atoms with Crippen molar-refractivity contribution in [1.82, 2.24) is 0 Å². The molecule has 0 fully saturated rings. The fourth-order valence-corrected chi connectivity index (χ4v) is 2.21. The molecule has 0 saturated heterocycles. The van der Waals surface area contributed by atoms with E-state index in [0.29, 0.717) is 12.2 Å². The van der Waals surface area contributed by atoms with Crippen LogP contribution in [0.4, 0.5) is 10.1 Å². The highest BCUT2D eigenvalue weighted by Gasteiger charge is 2.07. The van der Waals surface area contributed by atoms with Crippen molar-refractivity contribution in [1.29, 1.82) is 0 Å². The summed E-state index contributed by atoms with van der Waals surface area (Å²) in [5, 5.41) is 3.12. The molecule has 0 bridgehead atoms. The lowest BCUT2D eigenvalue weighted by Gasteiger charge is -2.11. The van der Waals surface area contributed by atoms with Crippen LogP contribution in [0.15, 0.2) is 40.9 Å². The molecule has 0 aliphatic rings. The quantitative estimate of drug-likeness (QED) is 0.855. The second kappa shape index (κ2) is 6.26. The minimum Gasteiger partial charge on any atom is -0.497 e. The number of rotatable bonds is 4. The third-order valence-corrected chi connectivity index (χ3v) is 3.74. The number of nitrogens with one attached hydrogen (secondary N) is 1. The Hall–Kier alpha value is -1.26. The van der Waals surface area contributed by atoms with Gasteiger partial charge in [0.2, 0.25) is 0 Å². The maximum absolute atomic E-state index is 13.7. The predicted molar refractivity (Wildman–Crippen MR) is 79.4 cm³/mol. The lowest BCUT2D eigenvalue weighted by atomic mass is 10.2. The third-order valence-electron chi connectivity index (χ3n) is 2.67. The first kappa shape index (κ1) is 14.2. The molecule has 100 valence electrons. The second-order valence-corrected chi connectivity index (χ2v) is 5.17. The molecule has 0 unspecified atom stereocenters. The van der Waals surface area contributed by atoms with Crippen LogP contribution in [0.2, 0.25) is 5.02 Å². The van der Waals surface area contributed by atoms with E-state index >= 15 is 0 Å². The monoisotopic (exact) mass is 343 g/mol. The van der Waals surface area contributed by atoms with E-state index in [1.54, 1.807) is 19.2 Å². The maximum Gasteiger partial charge on any atom is 0.164 e. The number of ether oxygens (including phenoxy) is 1. The van der Waals surface area contributed by atoms with Crippen molar-refractivity contribution in [3.8, 4) is 5.75 Å². The van der Waals surface area contributed by atoms with Gasteiger partial charge in [-0.3, -0.25) is 0 Å². The summed E-state index contributed by atoms with van der Waals surface area (Å²) in [7, 11) is 1.61. The molecule has 0 aliphatic heterocycles. The fraction of sp³-hybridized carbons (Fsp3) is 0.143. The van der Waals surface area contributed by atoms with Gasteiger partial charge in [-0.25, -0.2) is 4.39 Å². The number of methoxy groups -OCH3 is 1. The van der Waals surface area contributed by atoms with Crippen molar-refractivity contribution in [2.75, 3.05) is 12.4 Å². The molecule has 2 rings (SSSR count). The lowest BCUT2D eigenvalue weighted by Crippen LogP contribution is -2.02. The van der Waals surface area contributed by atoms with Crippen molar-refractivity contribution >= 4 is 33.2 Å². The molecule has 0 saturated carbocycles. The van der Waals surface area contributed by atoms with Crippen LogP contribution >= 0.6 is 27.5 Å². The molecule has 0 atom stereocenters. The molecule has 2 nitrogen and oxygen atoms in total. The summed E-state index contributed by atoms with van der Waals surface area (Å²) in [5.41, 5.74) is 1.35. The van der Waals surface area contributed by atoms with E-state index in [1.807, 2.05) is 18.2 Å². The van der Waals surface area contributed by atoms with Crippen LogP contribution in [-0.4, -0.2) is 7.11 Å². The maximum atomic E-state index is 13.7. The standard InChI is InChI=1S/C14H12BrClFNO/c1-19-10-5-6-11(15)9(7-10)8-18-13-4-2-3-12(16)14(13)17/h2-7,18H,8H2,1H3. The topological polar surface area (TPSA) is 21.3 Å². The van der Waals surface area contributed by atoms with Crippen molar-refractivity contribution in [3.63, 3.8) is 0 Å². The highest BCUT2D eigenvalue weighted by molar-refractivity contribution is 9.10. The average molecular weight is 345 g/mol. The third kappa shape index (κ3) is 3.39. The Balaban J connectivity index is 2.16. The molecular weight excluding hydrogens is 333 g/mol. The van der Waals surface area contributed by atoms with E-state index in [2.05, 4.69) is 21.2 Å². The molecule has 5 heteroatoms. The molecule has 0 radical (unpaired) electrons. The molecule has 0 heterocycles. The molecule has 2 aromatic rings. The first-order chi connectivity index (χ1) is 9.11. The van der Waals surface area contributed by atoms with Crippen LogP contribution < -0.4 is 10.1 Å². The fourth-order valence-electron chi connectivity index (χ4n) is 1.64. The van der Waals surface area contributed by atoms with E-state index in [0.717, 1.165) is 15.8 Å². The highest BCUT2D eigenvalue weighted by atomic mass is 79.9. The van der Waals surface area contributed by atoms with Gasteiger partial charge in [-0.2, -0.15) is 0 Å². The second-order valence-electron chi connectivity index (χ2n) is 3.91. The Morgan fingerprint density at radius 3 is 2.84 bits per heavy atom. The van der Waals surface area contributed by atoms with E-state index in [4.69, 9.17) is 16.3 Å². The molecule has 1 N–H and O–H groups in total. The Bertz CT molecular complexity index is 592. The number of anilines is 1. The van der Waals surface area contributed by atoms with Crippen LogP contribution in [0.5, 0.6) is 5.75 Å². The molecule has 0 amide bonds. The molecule has 0 spiro atoms. The molecule has 19 heavy (non-hydrogen) atoms. The highest BCUT2D eigenvalue weighted by Crippen LogP contribution is 2.26. The van der Waals surface area contributed by atoms with Gasteiger partial charge in [0.15, 0.2) is 5.82 Å². The van der Waals surface area contributed by atoms with E-state index in [9.17, 15) is 4.39 Å². The number of halogens is 3. The van der Waals surface area contributed by atoms with Gasteiger partial charge in [0.1, 0.15) is 5.75 Å². The van der Waals surface area contributed by atoms with Crippen LogP contribution in [0.25, 0.3) is 0 Å². The minimum absolute atomic E-state index is 0.106. The molecule has 0 aromatic heterocycles. The number of hydrogen-bond acceptors (Lipinski definition) is 2. The number of benzene rings is 2. The Kier molecular flexibility index (Phi) is 4.66. The van der Waals surface area contributed by atoms with Crippen molar-refractivity contribution in [2.45, 2.75) is 6.54 Å². The first-order valence-corrected chi connectivity index (χ1v) is 6.79. The van der Waals surface area contributed by atoms with Gasteiger partial charge >= 0.3 is 0 Å². The summed E-state index contributed by atoms with van der Waals surface area (Å²) in [6.07, 6.45) is 0. The van der Waals surface area contributed by atoms with E-state index < -0.39 is 5.82 Å². The SMILES string of the molecule is COc1ccc(Br)c(CNc2cccc(Cl)c2F)c1. The van der Waals surface area contributed by atoms with Gasteiger partial charge in [-0.05, 0) is 35.9 Å². The average Bonchev–Trinajstić information content (AvgIpc) is 2.42. The smallest absolute Gasteiger partial charge is 0.164 e. The van der Waals surface area contributed by atoms with Gasteiger partial charge in [0.25, 0.3) is 0 Å². The van der Waals surface area contributed by atoms with Crippen LogP contribution in [-0.2, 0) is 6.54 Å². The summed E-state index contributed by atoms with van der Waals surface area (Å²) in [4.78, 5) is 0. The summed E-state index contributed by atoms with van der Waals surface area (Å²) < 4.78 is 19.8. The Morgan fingerprint density at radius 1 is 1.32 bits per heavy atom. The predicted octanol–water partition coefficient (Wildman–Crippen LogP) is 4.86. The van der Waals surface area contributed by atoms with Crippen molar-refractivity contribution in [3.05, 3.63) is 57.3 Å². The Morgan fingerprint density at radius 2 is 2.11 bits per heavy atom. The normalized spacial score (nSPS) is 10.3. The van der Waals surface area contributed by atoms with Gasteiger partial charge < -0.3 is 10.1 Å². The van der Waals surface area contributed by atoms with Crippen LogP contribution in [0, 0.1) is 5.82 Å². The van der Waals surface area contributed by atoms with Gasteiger partial charge in [-0.15, -0.1) is 0 Å². The van der Waals surface area contributed by atoms with Crippen LogP contribution in [0.3, 0.4) is 0 Å². The van der Waals surface area contributed by atoms with Gasteiger partial charge in [-0.1, -0.05) is 33.6 Å². The van der Waals surface area contributed by atoms with Gasteiger partial charge in [0.05, 0.1) is 17.8 Å².